The van der Waals surface area contributed by atoms with Crippen molar-refractivity contribution in [3.63, 3.8) is 0 Å². The number of rotatable bonds is 4. The summed E-state index contributed by atoms with van der Waals surface area (Å²) in [5, 5.41) is 0.525. The summed E-state index contributed by atoms with van der Waals surface area (Å²) in [5.74, 6) is -2.27. The summed E-state index contributed by atoms with van der Waals surface area (Å²) in [5.41, 5.74) is 5.08. The van der Waals surface area contributed by atoms with Gasteiger partial charge in [0.1, 0.15) is 5.69 Å². The molecule has 2 N–H and O–H groups in total. The van der Waals surface area contributed by atoms with E-state index in [1.807, 2.05) is 0 Å². The Balaban J connectivity index is 2.38. The molecule has 0 saturated carbocycles. The van der Waals surface area contributed by atoms with E-state index in [0.717, 1.165) is 3.97 Å². The molecule has 1 heterocycles. The minimum absolute atomic E-state index is 0.0138. The highest BCUT2D eigenvalue weighted by Gasteiger charge is 2.28. The lowest BCUT2D eigenvalue weighted by molar-refractivity contribution is -0.114. The Labute approximate surface area is 132 Å². The summed E-state index contributed by atoms with van der Waals surface area (Å²) in [6.45, 7) is 0. The van der Waals surface area contributed by atoms with Crippen molar-refractivity contribution >= 4 is 32.6 Å². The van der Waals surface area contributed by atoms with Crippen molar-refractivity contribution in [2.75, 3.05) is 0 Å². The molecule has 0 bridgehead atoms. The number of Topliss-reactive ketones (excluding diaryl/α,β-unsaturated/α-hetero) is 1. The van der Waals surface area contributed by atoms with Crippen LogP contribution < -0.4 is 5.73 Å². The summed E-state index contributed by atoms with van der Waals surface area (Å²) >= 11 is 0. The van der Waals surface area contributed by atoms with E-state index in [4.69, 9.17) is 5.73 Å². The summed E-state index contributed by atoms with van der Waals surface area (Å²) in [6.07, 6.45) is 0. The molecule has 0 fully saturated rings. The largest absolute Gasteiger partial charge is 0.363 e. The van der Waals surface area contributed by atoms with Crippen molar-refractivity contribution in [2.45, 2.75) is 4.90 Å². The van der Waals surface area contributed by atoms with Crippen molar-refractivity contribution < 1.29 is 18.0 Å². The van der Waals surface area contributed by atoms with E-state index >= 15 is 0 Å². The lowest BCUT2D eigenvalue weighted by Crippen LogP contribution is -2.27. The number of hydrogen-bond acceptors (Lipinski definition) is 4. The van der Waals surface area contributed by atoms with Gasteiger partial charge in [-0.1, -0.05) is 36.4 Å². The molecule has 3 rings (SSSR count). The fourth-order valence-corrected chi connectivity index (χ4v) is 3.90. The van der Waals surface area contributed by atoms with Gasteiger partial charge in [-0.25, -0.2) is 12.4 Å². The van der Waals surface area contributed by atoms with Gasteiger partial charge < -0.3 is 5.73 Å². The Morgan fingerprint density at radius 3 is 2.17 bits per heavy atom. The van der Waals surface area contributed by atoms with E-state index in [1.54, 1.807) is 42.5 Å². The summed E-state index contributed by atoms with van der Waals surface area (Å²) < 4.78 is 26.7. The molecular formula is C16H12N2O4S. The Kier molecular flexibility index (Phi) is 3.49. The van der Waals surface area contributed by atoms with Gasteiger partial charge in [0.25, 0.3) is 21.7 Å². The molecule has 0 aliphatic carbocycles. The maximum Gasteiger partial charge on any atom is 0.291 e. The van der Waals surface area contributed by atoms with Gasteiger partial charge in [0, 0.05) is 5.39 Å². The van der Waals surface area contributed by atoms with Gasteiger partial charge in [0.2, 0.25) is 0 Å². The van der Waals surface area contributed by atoms with Crippen molar-refractivity contribution in [3.05, 3.63) is 66.4 Å². The Bertz CT molecular complexity index is 1020. The average molecular weight is 328 g/mol. The zero-order valence-corrected chi connectivity index (χ0v) is 12.7. The lowest BCUT2D eigenvalue weighted by atomic mass is 10.2. The Morgan fingerprint density at radius 2 is 1.52 bits per heavy atom. The molecule has 23 heavy (non-hydrogen) atoms. The first kappa shape index (κ1) is 15.0. The van der Waals surface area contributed by atoms with Crippen LogP contribution >= 0.6 is 0 Å². The van der Waals surface area contributed by atoms with Crippen LogP contribution in [0.1, 0.15) is 10.5 Å². The number of amides is 1. The standard InChI is InChI=1S/C16H12N2O4S/c17-16(20)15(19)14-10-11-6-4-5-9-13(11)18(14)23(21,22)12-7-2-1-3-8-12/h1-10H,(H2,17,20). The quantitative estimate of drug-likeness (QED) is 0.580. The minimum Gasteiger partial charge on any atom is -0.363 e. The van der Waals surface area contributed by atoms with Gasteiger partial charge in [-0.3, -0.25) is 9.59 Å². The van der Waals surface area contributed by atoms with E-state index in [9.17, 15) is 18.0 Å². The fourth-order valence-electron chi connectivity index (χ4n) is 2.37. The van der Waals surface area contributed by atoms with Crippen LogP contribution in [-0.4, -0.2) is 24.1 Å². The number of ketones is 1. The van der Waals surface area contributed by atoms with E-state index in [0.29, 0.717) is 10.9 Å². The number of fused-ring (bicyclic) bond motifs is 1. The number of carbonyl (C=O) groups is 2. The second-order valence-corrected chi connectivity index (χ2v) is 6.65. The molecule has 6 nitrogen and oxygen atoms in total. The number of aromatic nitrogens is 1. The topological polar surface area (TPSA) is 99.2 Å². The van der Waals surface area contributed by atoms with Gasteiger partial charge in [-0.2, -0.15) is 0 Å². The van der Waals surface area contributed by atoms with Crippen LogP contribution in [0.3, 0.4) is 0 Å². The number of carbonyl (C=O) groups excluding carboxylic acids is 2. The first-order valence-corrected chi connectivity index (χ1v) is 8.12. The third kappa shape index (κ3) is 2.40. The zero-order valence-electron chi connectivity index (χ0n) is 11.8. The van der Waals surface area contributed by atoms with Crippen molar-refractivity contribution in [1.82, 2.24) is 3.97 Å². The van der Waals surface area contributed by atoms with E-state index in [-0.39, 0.29) is 10.6 Å². The first-order valence-electron chi connectivity index (χ1n) is 6.68. The second kappa shape index (κ2) is 5.36. The van der Waals surface area contributed by atoms with Gasteiger partial charge in [0.15, 0.2) is 0 Å². The smallest absolute Gasteiger partial charge is 0.291 e. The number of primary amides is 1. The highest BCUT2D eigenvalue weighted by atomic mass is 32.2. The summed E-state index contributed by atoms with van der Waals surface area (Å²) in [4.78, 5) is 23.3. The maximum absolute atomic E-state index is 12.9. The van der Waals surface area contributed by atoms with Gasteiger partial charge in [-0.05, 0) is 24.3 Å². The van der Waals surface area contributed by atoms with E-state index in [2.05, 4.69) is 0 Å². The summed E-state index contributed by atoms with van der Waals surface area (Å²) in [6, 6.07) is 15.6. The fraction of sp³-hybridized carbons (Fsp3) is 0. The number of benzene rings is 2. The lowest BCUT2D eigenvalue weighted by Gasteiger charge is -2.10. The Hall–Kier alpha value is -2.93. The van der Waals surface area contributed by atoms with Gasteiger partial charge >= 0.3 is 0 Å². The average Bonchev–Trinajstić information content (AvgIpc) is 2.94. The molecule has 3 aromatic rings. The maximum atomic E-state index is 12.9. The van der Waals surface area contributed by atoms with Crippen LogP contribution in [-0.2, 0) is 14.8 Å². The predicted molar refractivity (Wildman–Crippen MR) is 84.5 cm³/mol. The van der Waals surface area contributed by atoms with E-state index in [1.165, 1.54) is 18.2 Å². The highest BCUT2D eigenvalue weighted by molar-refractivity contribution is 7.90. The SMILES string of the molecule is NC(=O)C(=O)c1cc2ccccc2n1S(=O)(=O)c1ccccc1. The molecule has 0 saturated heterocycles. The number of nitrogens with two attached hydrogens (primary N) is 1. The van der Waals surface area contributed by atoms with Crippen LogP contribution in [0.4, 0.5) is 0 Å². The van der Waals surface area contributed by atoms with Crippen molar-refractivity contribution in [1.29, 1.82) is 0 Å². The van der Waals surface area contributed by atoms with Crippen LogP contribution in [0, 0.1) is 0 Å². The summed E-state index contributed by atoms with van der Waals surface area (Å²) in [7, 11) is -4.04. The van der Waals surface area contributed by atoms with Crippen molar-refractivity contribution in [3.8, 4) is 0 Å². The number of hydrogen-bond donors (Lipinski definition) is 1. The molecule has 0 aliphatic heterocycles. The van der Waals surface area contributed by atoms with Gasteiger partial charge in [-0.15, -0.1) is 0 Å². The van der Waals surface area contributed by atoms with Gasteiger partial charge in [0.05, 0.1) is 10.4 Å². The number of nitrogens with zero attached hydrogens (tertiary/aromatic N) is 1. The van der Waals surface area contributed by atoms with E-state index < -0.39 is 21.7 Å². The predicted octanol–water partition coefficient (Wildman–Crippen LogP) is 1.55. The molecule has 0 aliphatic rings. The van der Waals surface area contributed by atoms with Crippen LogP contribution in [0.15, 0.2) is 65.6 Å². The molecule has 7 heteroatoms. The second-order valence-electron chi connectivity index (χ2n) is 4.86. The normalized spacial score (nSPS) is 11.5. The molecule has 0 unspecified atom stereocenters. The molecule has 1 amide bonds. The monoisotopic (exact) mass is 328 g/mol. The minimum atomic E-state index is -4.04. The van der Waals surface area contributed by atoms with Crippen LogP contribution in [0.5, 0.6) is 0 Å². The highest BCUT2D eigenvalue weighted by Crippen LogP contribution is 2.26. The number of para-hydroxylation sites is 1. The molecular weight excluding hydrogens is 316 g/mol. The van der Waals surface area contributed by atoms with Crippen LogP contribution in [0.2, 0.25) is 0 Å². The molecule has 0 radical (unpaired) electrons. The molecule has 0 atom stereocenters. The Morgan fingerprint density at radius 1 is 0.913 bits per heavy atom. The van der Waals surface area contributed by atoms with Crippen LogP contribution in [0.25, 0.3) is 10.9 Å². The molecule has 0 spiro atoms. The van der Waals surface area contributed by atoms with Crippen molar-refractivity contribution in [2.24, 2.45) is 5.73 Å². The third-order valence-electron chi connectivity index (χ3n) is 3.40. The molecule has 1 aromatic heterocycles. The zero-order chi connectivity index (χ0) is 16.6. The first-order chi connectivity index (χ1) is 10.9. The third-order valence-corrected chi connectivity index (χ3v) is 5.15. The molecule has 2 aromatic carbocycles. The molecule has 116 valence electrons.